The van der Waals surface area contributed by atoms with E-state index in [2.05, 4.69) is 27.2 Å². The van der Waals surface area contributed by atoms with Crippen LogP contribution in [0.5, 0.6) is 0 Å². The third-order valence-electron chi connectivity index (χ3n) is 4.03. The fraction of sp³-hybridized carbons (Fsp3) is 0.500. The SMILES string of the molecule is Cc1csc2c(N3CCN(C(C)C(=O)O)CC3)ncnc12. The fourth-order valence-corrected chi connectivity index (χ4v) is 3.68. The third-order valence-corrected chi connectivity index (χ3v) is 5.11. The Morgan fingerprint density at radius 1 is 1.33 bits per heavy atom. The van der Waals surface area contributed by atoms with Crippen LogP contribution >= 0.6 is 11.3 Å². The second-order valence-electron chi connectivity index (χ2n) is 5.33. The number of carboxylic acids is 1. The maximum Gasteiger partial charge on any atom is 0.320 e. The number of thiophene rings is 1. The first-order valence-electron chi connectivity index (χ1n) is 6.98. The van der Waals surface area contributed by atoms with E-state index in [0.29, 0.717) is 0 Å². The van der Waals surface area contributed by atoms with E-state index in [1.807, 2.05) is 4.90 Å². The number of aryl methyl sites for hydroxylation is 1. The molecular formula is C14H18N4O2S. The molecule has 0 aromatic carbocycles. The van der Waals surface area contributed by atoms with Crippen molar-refractivity contribution >= 4 is 33.3 Å². The van der Waals surface area contributed by atoms with Crippen molar-refractivity contribution in [2.24, 2.45) is 0 Å². The van der Waals surface area contributed by atoms with Crippen molar-refractivity contribution in [2.45, 2.75) is 19.9 Å². The molecule has 1 N–H and O–H groups in total. The van der Waals surface area contributed by atoms with Gasteiger partial charge in [0.05, 0.1) is 10.2 Å². The summed E-state index contributed by atoms with van der Waals surface area (Å²) in [4.78, 5) is 24.1. The van der Waals surface area contributed by atoms with Crippen molar-refractivity contribution in [2.75, 3.05) is 31.1 Å². The molecule has 1 aliphatic rings. The standard InChI is InChI=1S/C14H18N4O2S/c1-9-7-21-12-11(9)15-8-16-13(12)18-5-3-17(4-6-18)10(2)14(19)20/h7-8,10H,3-6H2,1-2H3,(H,19,20). The molecule has 7 heteroatoms. The summed E-state index contributed by atoms with van der Waals surface area (Å²) < 4.78 is 1.12. The molecule has 1 fully saturated rings. The molecule has 1 saturated heterocycles. The Morgan fingerprint density at radius 2 is 2.05 bits per heavy atom. The summed E-state index contributed by atoms with van der Waals surface area (Å²) in [7, 11) is 0. The molecule has 0 amide bonds. The van der Waals surface area contributed by atoms with E-state index in [9.17, 15) is 4.79 Å². The predicted molar refractivity (Wildman–Crippen MR) is 83.0 cm³/mol. The summed E-state index contributed by atoms with van der Waals surface area (Å²) in [5, 5.41) is 11.2. The lowest BCUT2D eigenvalue weighted by Gasteiger charge is -2.37. The maximum absolute atomic E-state index is 11.1. The smallest absolute Gasteiger partial charge is 0.320 e. The van der Waals surface area contributed by atoms with Crippen LogP contribution in [0, 0.1) is 6.92 Å². The van der Waals surface area contributed by atoms with Crippen molar-refractivity contribution in [1.82, 2.24) is 14.9 Å². The molecule has 3 heterocycles. The van der Waals surface area contributed by atoms with Crippen LogP contribution in [-0.2, 0) is 4.79 Å². The normalized spacial score (nSPS) is 18.1. The van der Waals surface area contributed by atoms with Crippen molar-refractivity contribution < 1.29 is 9.90 Å². The van der Waals surface area contributed by atoms with Crippen molar-refractivity contribution in [3.8, 4) is 0 Å². The van der Waals surface area contributed by atoms with Crippen molar-refractivity contribution in [3.05, 3.63) is 17.3 Å². The molecule has 0 aliphatic carbocycles. The van der Waals surface area contributed by atoms with Gasteiger partial charge < -0.3 is 10.0 Å². The third kappa shape index (κ3) is 2.58. The van der Waals surface area contributed by atoms with Crippen LogP contribution in [-0.4, -0.2) is 58.2 Å². The number of hydrogen-bond acceptors (Lipinski definition) is 6. The predicted octanol–water partition coefficient (Wildman–Crippen LogP) is 1.59. The molecule has 6 nitrogen and oxygen atoms in total. The number of aliphatic carboxylic acids is 1. The minimum absolute atomic E-state index is 0.429. The van der Waals surface area contributed by atoms with E-state index in [-0.39, 0.29) is 0 Å². The molecule has 0 radical (unpaired) electrons. The summed E-state index contributed by atoms with van der Waals surface area (Å²) in [6.45, 7) is 6.86. The first-order valence-corrected chi connectivity index (χ1v) is 7.86. The van der Waals surface area contributed by atoms with Gasteiger partial charge in [0.2, 0.25) is 0 Å². The number of aromatic nitrogens is 2. The molecule has 2 aromatic heterocycles. The number of piperazine rings is 1. The largest absolute Gasteiger partial charge is 0.480 e. The van der Waals surface area contributed by atoms with Gasteiger partial charge in [-0.3, -0.25) is 9.69 Å². The number of fused-ring (bicyclic) bond motifs is 1. The quantitative estimate of drug-likeness (QED) is 0.929. The van der Waals surface area contributed by atoms with Crippen molar-refractivity contribution in [3.63, 3.8) is 0 Å². The van der Waals surface area contributed by atoms with E-state index in [4.69, 9.17) is 5.11 Å². The highest BCUT2D eigenvalue weighted by molar-refractivity contribution is 7.18. The minimum Gasteiger partial charge on any atom is -0.480 e. The second kappa shape index (κ2) is 5.57. The van der Waals surface area contributed by atoms with Crippen LogP contribution in [0.3, 0.4) is 0 Å². The zero-order valence-corrected chi connectivity index (χ0v) is 12.9. The topological polar surface area (TPSA) is 69.6 Å². The van der Waals surface area contributed by atoms with Gasteiger partial charge in [0.1, 0.15) is 18.2 Å². The highest BCUT2D eigenvalue weighted by Gasteiger charge is 2.26. The molecule has 0 spiro atoms. The van der Waals surface area contributed by atoms with Crippen LogP contribution in [0.25, 0.3) is 10.2 Å². The molecule has 3 rings (SSSR count). The molecule has 1 atom stereocenters. The molecule has 0 saturated carbocycles. The van der Waals surface area contributed by atoms with Gasteiger partial charge >= 0.3 is 5.97 Å². The van der Waals surface area contributed by atoms with Gasteiger partial charge in [-0.2, -0.15) is 0 Å². The molecule has 1 unspecified atom stereocenters. The van der Waals surface area contributed by atoms with E-state index in [1.54, 1.807) is 24.6 Å². The van der Waals surface area contributed by atoms with Gasteiger partial charge in [0, 0.05) is 26.2 Å². The minimum atomic E-state index is -0.762. The summed E-state index contributed by atoms with van der Waals surface area (Å²) in [5.41, 5.74) is 2.20. The first-order chi connectivity index (χ1) is 10.1. The van der Waals surface area contributed by atoms with E-state index >= 15 is 0 Å². The Hall–Kier alpha value is -1.73. The lowest BCUT2D eigenvalue weighted by Crippen LogP contribution is -2.52. The van der Waals surface area contributed by atoms with Gasteiger partial charge in [-0.15, -0.1) is 11.3 Å². The Kier molecular flexibility index (Phi) is 3.77. The zero-order chi connectivity index (χ0) is 15.0. The summed E-state index contributed by atoms with van der Waals surface area (Å²) in [6, 6.07) is -0.429. The lowest BCUT2D eigenvalue weighted by atomic mass is 10.2. The van der Waals surface area contributed by atoms with E-state index in [0.717, 1.165) is 42.2 Å². The van der Waals surface area contributed by atoms with Crippen LogP contribution in [0.1, 0.15) is 12.5 Å². The van der Waals surface area contributed by atoms with Crippen LogP contribution in [0.4, 0.5) is 5.82 Å². The van der Waals surface area contributed by atoms with Gasteiger partial charge in [0.15, 0.2) is 0 Å². The number of carbonyl (C=O) groups is 1. The number of carboxylic acid groups (broad SMARTS) is 1. The average molecular weight is 306 g/mol. The Labute approximate surface area is 127 Å². The Bertz CT molecular complexity index is 664. The molecule has 1 aliphatic heterocycles. The molecular weight excluding hydrogens is 288 g/mol. The number of rotatable bonds is 3. The van der Waals surface area contributed by atoms with Gasteiger partial charge in [0.25, 0.3) is 0 Å². The van der Waals surface area contributed by atoms with Gasteiger partial charge in [-0.05, 0) is 24.8 Å². The van der Waals surface area contributed by atoms with Gasteiger partial charge in [-0.1, -0.05) is 0 Å². The average Bonchev–Trinajstić information content (AvgIpc) is 2.88. The first kappa shape index (κ1) is 14.2. The van der Waals surface area contributed by atoms with Crippen LogP contribution < -0.4 is 4.90 Å². The second-order valence-corrected chi connectivity index (χ2v) is 6.21. The van der Waals surface area contributed by atoms with E-state index < -0.39 is 12.0 Å². The molecule has 112 valence electrons. The van der Waals surface area contributed by atoms with Gasteiger partial charge in [-0.25, -0.2) is 9.97 Å². The lowest BCUT2D eigenvalue weighted by molar-refractivity contribution is -0.142. The fourth-order valence-electron chi connectivity index (χ4n) is 2.66. The Morgan fingerprint density at radius 3 is 2.71 bits per heavy atom. The van der Waals surface area contributed by atoms with Crippen LogP contribution in [0.15, 0.2) is 11.7 Å². The molecule has 0 bridgehead atoms. The highest BCUT2D eigenvalue weighted by atomic mass is 32.1. The molecule has 21 heavy (non-hydrogen) atoms. The highest BCUT2D eigenvalue weighted by Crippen LogP contribution is 2.31. The molecule has 2 aromatic rings. The van der Waals surface area contributed by atoms with Crippen LogP contribution in [0.2, 0.25) is 0 Å². The number of nitrogens with zero attached hydrogens (tertiary/aromatic N) is 4. The monoisotopic (exact) mass is 306 g/mol. The zero-order valence-electron chi connectivity index (χ0n) is 12.1. The summed E-state index contributed by atoms with van der Waals surface area (Å²) in [5.74, 6) is 0.211. The Balaban J connectivity index is 1.78. The maximum atomic E-state index is 11.1. The summed E-state index contributed by atoms with van der Waals surface area (Å²) in [6.07, 6.45) is 1.61. The van der Waals surface area contributed by atoms with Crippen molar-refractivity contribution in [1.29, 1.82) is 0 Å². The number of anilines is 1. The summed E-state index contributed by atoms with van der Waals surface area (Å²) >= 11 is 1.67. The van der Waals surface area contributed by atoms with E-state index in [1.165, 1.54) is 5.56 Å². The number of hydrogen-bond donors (Lipinski definition) is 1.